The van der Waals surface area contributed by atoms with E-state index < -0.39 is 12.1 Å². The molecule has 0 fully saturated rings. The number of nitrogens with zero attached hydrogens (tertiary/aromatic N) is 2. The average molecular weight is 168 g/mol. The fourth-order valence-corrected chi connectivity index (χ4v) is 0.670. The predicted octanol–water partition coefficient (Wildman–Crippen LogP) is -0.0970. The van der Waals surface area contributed by atoms with E-state index in [1.54, 1.807) is 6.92 Å². The molecule has 0 aromatic carbocycles. The van der Waals surface area contributed by atoms with Gasteiger partial charge in [-0.15, -0.1) is 0 Å². The van der Waals surface area contributed by atoms with E-state index in [-0.39, 0.29) is 5.69 Å². The van der Waals surface area contributed by atoms with Crippen LogP contribution in [0.5, 0.6) is 0 Å². The van der Waals surface area contributed by atoms with Gasteiger partial charge < -0.3 is 10.2 Å². The zero-order valence-corrected chi connectivity index (χ0v) is 6.43. The van der Waals surface area contributed by atoms with Gasteiger partial charge in [0.15, 0.2) is 6.10 Å². The van der Waals surface area contributed by atoms with E-state index in [4.69, 9.17) is 10.2 Å². The van der Waals surface area contributed by atoms with Crippen LogP contribution in [-0.2, 0) is 4.79 Å². The number of aliphatic hydroxyl groups excluding tert-OH is 1. The summed E-state index contributed by atoms with van der Waals surface area (Å²) in [7, 11) is 0. The molecule has 1 atom stereocenters. The highest BCUT2D eigenvalue weighted by Crippen LogP contribution is 2.07. The first-order chi connectivity index (χ1) is 5.61. The fraction of sp³-hybridized carbons (Fsp3) is 0.286. The van der Waals surface area contributed by atoms with Gasteiger partial charge in [0.2, 0.25) is 0 Å². The molecular formula is C7H8N2O3. The molecule has 0 aliphatic heterocycles. The Morgan fingerprint density at radius 2 is 2.17 bits per heavy atom. The third-order valence-corrected chi connectivity index (χ3v) is 1.31. The average Bonchev–Trinajstić information content (AvgIpc) is 2.04. The van der Waals surface area contributed by atoms with E-state index in [0.29, 0.717) is 5.69 Å². The first-order valence-electron chi connectivity index (χ1n) is 3.30. The molecule has 0 aliphatic rings. The summed E-state index contributed by atoms with van der Waals surface area (Å²) in [5.74, 6) is -1.33. The third kappa shape index (κ3) is 1.76. The van der Waals surface area contributed by atoms with Gasteiger partial charge in [-0.25, -0.2) is 4.79 Å². The zero-order chi connectivity index (χ0) is 9.14. The zero-order valence-electron chi connectivity index (χ0n) is 6.43. The second-order valence-electron chi connectivity index (χ2n) is 2.32. The first-order valence-corrected chi connectivity index (χ1v) is 3.30. The number of carbonyl (C=O) groups is 1. The summed E-state index contributed by atoms with van der Waals surface area (Å²) in [6.07, 6.45) is 1.06. The van der Waals surface area contributed by atoms with Gasteiger partial charge in [-0.05, 0) is 6.92 Å². The van der Waals surface area contributed by atoms with Crippen molar-refractivity contribution in [2.75, 3.05) is 0 Å². The lowest BCUT2D eigenvalue weighted by Gasteiger charge is -2.02. The number of aromatic nitrogens is 2. The van der Waals surface area contributed by atoms with Gasteiger partial charge in [0.1, 0.15) is 0 Å². The molecule has 0 saturated heterocycles. The highest BCUT2D eigenvalue weighted by atomic mass is 16.4. The van der Waals surface area contributed by atoms with Crippen LogP contribution in [0.25, 0.3) is 0 Å². The van der Waals surface area contributed by atoms with Crippen LogP contribution >= 0.6 is 0 Å². The minimum atomic E-state index is -1.59. The van der Waals surface area contributed by atoms with Gasteiger partial charge in [-0.2, -0.15) is 0 Å². The number of hydrogen-bond acceptors (Lipinski definition) is 4. The molecule has 1 rings (SSSR count). The fourth-order valence-electron chi connectivity index (χ4n) is 0.670. The molecule has 0 spiro atoms. The Balaban J connectivity index is 2.89. The second kappa shape index (κ2) is 3.27. The Hall–Kier alpha value is -1.49. The molecule has 5 heteroatoms. The van der Waals surface area contributed by atoms with E-state index >= 15 is 0 Å². The summed E-state index contributed by atoms with van der Waals surface area (Å²) in [5.41, 5.74) is 0.726. The minimum Gasteiger partial charge on any atom is -0.479 e. The van der Waals surface area contributed by atoms with E-state index in [2.05, 4.69) is 9.97 Å². The number of hydrogen-bond donors (Lipinski definition) is 2. The smallest absolute Gasteiger partial charge is 0.338 e. The van der Waals surface area contributed by atoms with Gasteiger partial charge in [0.05, 0.1) is 17.6 Å². The van der Waals surface area contributed by atoms with Crippen molar-refractivity contribution >= 4 is 5.97 Å². The number of rotatable bonds is 2. The van der Waals surface area contributed by atoms with Crippen molar-refractivity contribution in [1.82, 2.24) is 9.97 Å². The van der Waals surface area contributed by atoms with Crippen molar-refractivity contribution in [2.24, 2.45) is 0 Å². The largest absolute Gasteiger partial charge is 0.479 e. The summed E-state index contributed by atoms with van der Waals surface area (Å²) in [5, 5.41) is 17.4. The monoisotopic (exact) mass is 168 g/mol. The molecule has 0 amide bonds. The predicted molar refractivity (Wildman–Crippen MR) is 39.4 cm³/mol. The van der Waals surface area contributed by atoms with Crippen molar-refractivity contribution < 1.29 is 15.0 Å². The topological polar surface area (TPSA) is 83.3 Å². The van der Waals surface area contributed by atoms with Crippen LogP contribution in [0, 0.1) is 6.92 Å². The molecule has 0 saturated carbocycles. The lowest BCUT2D eigenvalue weighted by atomic mass is 10.3. The molecule has 1 unspecified atom stereocenters. The van der Waals surface area contributed by atoms with E-state index in [1.165, 1.54) is 12.4 Å². The van der Waals surface area contributed by atoms with Gasteiger partial charge in [0, 0.05) is 6.20 Å². The van der Waals surface area contributed by atoms with Gasteiger partial charge in [-0.1, -0.05) is 0 Å². The molecule has 0 radical (unpaired) electrons. The Morgan fingerprint density at radius 3 is 2.58 bits per heavy atom. The van der Waals surface area contributed by atoms with Crippen molar-refractivity contribution in [3.63, 3.8) is 0 Å². The number of carboxylic acids is 1. The number of aliphatic hydroxyl groups is 1. The summed E-state index contributed by atoms with van der Waals surface area (Å²) >= 11 is 0. The molecule has 1 aromatic rings. The van der Waals surface area contributed by atoms with Crippen LogP contribution in [0.1, 0.15) is 17.5 Å². The molecule has 1 heterocycles. The quantitative estimate of drug-likeness (QED) is 0.644. The maximum Gasteiger partial charge on any atom is 0.338 e. The van der Waals surface area contributed by atoms with Crippen LogP contribution in [0.15, 0.2) is 12.4 Å². The van der Waals surface area contributed by atoms with E-state index in [0.717, 1.165) is 0 Å². The Kier molecular flexibility index (Phi) is 2.35. The molecule has 0 aliphatic carbocycles. The number of aryl methyl sites for hydroxylation is 1. The first kappa shape index (κ1) is 8.61. The lowest BCUT2D eigenvalue weighted by molar-refractivity contribution is -0.147. The standard InChI is InChI=1S/C7H8N2O3/c1-4-2-9-5(3-8-4)6(10)7(11)12/h2-3,6,10H,1H3,(H,11,12). The summed E-state index contributed by atoms with van der Waals surface area (Å²) in [6.45, 7) is 1.73. The Labute approximate surface area is 68.7 Å². The Bertz CT molecular complexity index is 283. The molecule has 2 N–H and O–H groups in total. The van der Waals surface area contributed by atoms with Crippen LogP contribution in [-0.4, -0.2) is 26.2 Å². The number of carboxylic acid groups (broad SMARTS) is 1. The normalized spacial score (nSPS) is 12.5. The lowest BCUT2D eigenvalue weighted by Crippen LogP contribution is -2.12. The second-order valence-corrected chi connectivity index (χ2v) is 2.32. The van der Waals surface area contributed by atoms with Gasteiger partial charge in [-0.3, -0.25) is 9.97 Å². The molecule has 64 valence electrons. The van der Waals surface area contributed by atoms with Crippen LogP contribution < -0.4 is 0 Å². The van der Waals surface area contributed by atoms with Crippen LogP contribution in [0.4, 0.5) is 0 Å². The molecule has 0 bridgehead atoms. The number of aliphatic carboxylic acids is 1. The molecule has 1 aromatic heterocycles. The highest BCUT2D eigenvalue weighted by molar-refractivity contribution is 5.73. The van der Waals surface area contributed by atoms with Crippen LogP contribution in [0.3, 0.4) is 0 Å². The van der Waals surface area contributed by atoms with E-state index in [1.807, 2.05) is 0 Å². The van der Waals surface area contributed by atoms with Gasteiger partial charge >= 0.3 is 5.97 Å². The van der Waals surface area contributed by atoms with Gasteiger partial charge in [0.25, 0.3) is 0 Å². The summed E-state index contributed by atoms with van der Waals surface area (Å²) in [4.78, 5) is 17.8. The van der Waals surface area contributed by atoms with E-state index in [9.17, 15) is 4.79 Å². The highest BCUT2D eigenvalue weighted by Gasteiger charge is 2.16. The maximum atomic E-state index is 10.3. The van der Waals surface area contributed by atoms with Crippen LogP contribution in [0.2, 0.25) is 0 Å². The molecule has 12 heavy (non-hydrogen) atoms. The summed E-state index contributed by atoms with van der Waals surface area (Å²) < 4.78 is 0. The molecule has 5 nitrogen and oxygen atoms in total. The van der Waals surface area contributed by atoms with Crippen molar-refractivity contribution in [1.29, 1.82) is 0 Å². The summed E-state index contributed by atoms with van der Waals surface area (Å²) in [6, 6.07) is 0. The van der Waals surface area contributed by atoms with Crippen molar-refractivity contribution in [3.05, 3.63) is 23.8 Å². The molecular weight excluding hydrogens is 160 g/mol. The Morgan fingerprint density at radius 1 is 1.50 bits per heavy atom. The third-order valence-electron chi connectivity index (χ3n) is 1.31. The van der Waals surface area contributed by atoms with Crippen molar-refractivity contribution in [2.45, 2.75) is 13.0 Å². The maximum absolute atomic E-state index is 10.3. The minimum absolute atomic E-state index is 0.0492. The van der Waals surface area contributed by atoms with Crippen molar-refractivity contribution in [3.8, 4) is 0 Å². The SMILES string of the molecule is Cc1cnc(C(O)C(=O)O)cn1.